The average Bonchev–Trinajstić information content (AvgIpc) is 3.48. The van der Waals surface area contributed by atoms with Crippen molar-refractivity contribution in [3.05, 3.63) is 47.4 Å². The topological polar surface area (TPSA) is 42.4 Å². The maximum atomic E-state index is 13.7. The first-order valence-corrected chi connectivity index (χ1v) is 12.6. The fourth-order valence-corrected chi connectivity index (χ4v) is 6.75. The molecule has 0 N–H and O–H groups in total. The highest BCUT2D eigenvalue weighted by Crippen LogP contribution is 2.45. The van der Waals surface area contributed by atoms with Crippen LogP contribution in [0.2, 0.25) is 0 Å². The molecule has 170 valence electrons. The Morgan fingerprint density at radius 3 is 2.53 bits per heavy atom. The minimum atomic E-state index is 0.101. The first-order chi connectivity index (χ1) is 15.6. The fourth-order valence-electron chi connectivity index (χ4n) is 6.75. The van der Waals surface area contributed by atoms with Crippen LogP contribution in [-0.4, -0.2) is 63.8 Å². The standard InChI is InChI=1S/C26H35N5O/c1-28-22(16-18-10-5-3-6-11-18)30(17-19-12-7-4-8-13-19)23-24(28)31-21-15-9-14-20(21)27-26(31)29(2)25(23)32/h4,7-8,12-13,18,20-22H,3,5-6,9-11,14-17H2,1-2H3/t20-,21+,22?/m1/s1. The molecule has 2 aliphatic carbocycles. The van der Waals surface area contributed by atoms with Gasteiger partial charge in [-0.1, -0.05) is 62.4 Å². The van der Waals surface area contributed by atoms with E-state index in [0.717, 1.165) is 49.2 Å². The van der Waals surface area contributed by atoms with Gasteiger partial charge in [-0.25, -0.2) is 4.99 Å². The minimum Gasteiger partial charge on any atom is -0.339 e. The molecular weight excluding hydrogens is 398 g/mol. The molecule has 3 aliphatic heterocycles. The van der Waals surface area contributed by atoms with E-state index in [-0.39, 0.29) is 12.1 Å². The van der Waals surface area contributed by atoms with E-state index in [1.165, 1.54) is 44.1 Å². The predicted octanol–water partition coefficient (Wildman–Crippen LogP) is 3.96. The van der Waals surface area contributed by atoms with Gasteiger partial charge in [0.25, 0.3) is 5.91 Å². The molecule has 2 saturated carbocycles. The SMILES string of the molecule is CN1C(=O)C2=C(N(C)C(CC3CCCCC3)N2Cc2ccccc2)N2C1=N[C@@H]1CCC[C@@H]12. The monoisotopic (exact) mass is 433 g/mol. The lowest BCUT2D eigenvalue weighted by atomic mass is 9.86. The van der Waals surface area contributed by atoms with Crippen LogP contribution in [0.15, 0.2) is 46.8 Å². The van der Waals surface area contributed by atoms with Gasteiger partial charge in [0, 0.05) is 20.6 Å². The molecule has 1 amide bonds. The molecule has 0 radical (unpaired) electrons. The number of carbonyl (C=O) groups excluding carboxylic acids is 1. The van der Waals surface area contributed by atoms with Crippen molar-refractivity contribution in [2.45, 2.75) is 82.6 Å². The fraction of sp³-hybridized carbons (Fsp3) is 0.615. The lowest BCUT2D eigenvalue weighted by molar-refractivity contribution is -0.125. The molecular formula is C26H35N5O. The number of amides is 1. The molecule has 0 saturated heterocycles. The zero-order chi connectivity index (χ0) is 21.8. The number of guanidine groups is 1. The van der Waals surface area contributed by atoms with Gasteiger partial charge in [-0.15, -0.1) is 0 Å². The lowest BCUT2D eigenvalue weighted by Crippen LogP contribution is -2.53. The van der Waals surface area contributed by atoms with E-state index in [9.17, 15) is 4.79 Å². The number of carbonyl (C=O) groups is 1. The Bertz CT molecular complexity index is 950. The van der Waals surface area contributed by atoms with Crippen LogP contribution in [-0.2, 0) is 11.3 Å². The predicted molar refractivity (Wildman–Crippen MR) is 125 cm³/mol. The van der Waals surface area contributed by atoms with Gasteiger partial charge in [0.15, 0.2) is 0 Å². The molecule has 0 spiro atoms. The van der Waals surface area contributed by atoms with Crippen LogP contribution in [0.25, 0.3) is 0 Å². The summed E-state index contributed by atoms with van der Waals surface area (Å²) in [4.78, 5) is 27.8. The number of rotatable bonds is 4. The number of likely N-dealkylation sites (N-methyl/N-ethyl adjacent to an activating group) is 1. The summed E-state index contributed by atoms with van der Waals surface area (Å²) >= 11 is 0. The Hall–Kier alpha value is -2.50. The zero-order valence-electron chi connectivity index (χ0n) is 19.4. The highest BCUT2D eigenvalue weighted by atomic mass is 16.2. The molecule has 0 aromatic heterocycles. The van der Waals surface area contributed by atoms with Crippen molar-refractivity contribution in [3.63, 3.8) is 0 Å². The number of fused-ring (bicyclic) bond motifs is 4. The van der Waals surface area contributed by atoms with Crippen LogP contribution in [0, 0.1) is 5.92 Å². The molecule has 0 bridgehead atoms. The molecule has 6 nitrogen and oxygen atoms in total. The molecule has 6 heteroatoms. The zero-order valence-corrected chi connectivity index (χ0v) is 19.4. The van der Waals surface area contributed by atoms with Crippen molar-refractivity contribution < 1.29 is 4.79 Å². The van der Waals surface area contributed by atoms with Gasteiger partial charge in [0.05, 0.1) is 12.1 Å². The summed E-state index contributed by atoms with van der Waals surface area (Å²) in [5, 5.41) is 0. The van der Waals surface area contributed by atoms with Crippen molar-refractivity contribution in [2.24, 2.45) is 10.9 Å². The van der Waals surface area contributed by atoms with Gasteiger partial charge in [-0.3, -0.25) is 14.6 Å². The van der Waals surface area contributed by atoms with Crippen LogP contribution in [0.5, 0.6) is 0 Å². The highest BCUT2D eigenvalue weighted by Gasteiger charge is 2.54. The molecule has 2 fully saturated rings. The van der Waals surface area contributed by atoms with Crippen LogP contribution < -0.4 is 0 Å². The van der Waals surface area contributed by atoms with Gasteiger partial charge >= 0.3 is 0 Å². The van der Waals surface area contributed by atoms with Crippen LogP contribution in [0.4, 0.5) is 0 Å². The van der Waals surface area contributed by atoms with Crippen LogP contribution in [0.3, 0.4) is 0 Å². The van der Waals surface area contributed by atoms with E-state index >= 15 is 0 Å². The lowest BCUT2D eigenvalue weighted by Gasteiger charge is -2.38. The highest BCUT2D eigenvalue weighted by molar-refractivity contribution is 6.09. The Kier molecular flexibility index (Phi) is 4.92. The summed E-state index contributed by atoms with van der Waals surface area (Å²) < 4.78 is 0. The second-order valence-corrected chi connectivity index (χ2v) is 10.3. The van der Waals surface area contributed by atoms with Crippen molar-refractivity contribution in [1.82, 2.24) is 19.6 Å². The van der Waals surface area contributed by atoms with E-state index in [4.69, 9.17) is 4.99 Å². The smallest absolute Gasteiger partial charge is 0.280 e. The summed E-state index contributed by atoms with van der Waals surface area (Å²) in [5.41, 5.74) is 2.14. The number of hydrogen-bond acceptors (Lipinski definition) is 5. The summed E-state index contributed by atoms with van der Waals surface area (Å²) in [6.45, 7) is 0.773. The Morgan fingerprint density at radius 1 is 0.969 bits per heavy atom. The van der Waals surface area contributed by atoms with E-state index in [2.05, 4.69) is 52.1 Å². The Balaban J connectivity index is 1.40. The number of aliphatic imine (C=N–C) groups is 1. The molecule has 3 atom stereocenters. The van der Waals surface area contributed by atoms with Crippen molar-refractivity contribution in [3.8, 4) is 0 Å². The quantitative estimate of drug-likeness (QED) is 0.721. The summed E-state index contributed by atoms with van der Waals surface area (Å²) in [5.74, 6) is 2.82. The molecule has 1 unspecified atom stereocenters. The summed E-state index contributed by atoms with van der Waals surface area (Å²) in [7, 11) is 4.13. The number of nitrogens with zero attached hydrogens (tertiary/aromatic N) is 5. The largest absolute Gasteiger partial charge is 0.339 e. The molecule has 5 aliphatic rings. The number of hydrogen-bond donors (Lipinski definition) is 0. The molecule has 1 aromatic carbocycles. The molecule has 6 rings (SSSR count). The van der Waals surface area contributed by atoms with E-state index in [1.807, 2.05) is 11.9 Å². The third kappa shape index (κ3) is 3.06. The van der Waals surface area contributed by atoms with Gasteiger partial charge in [0.1, 0.15) is 17.7 Å². The van der Waals surface area contributed by atoms with Crippen molar-refractivity contribution >= 4 is 11.9 Å². The molecule has 3 heterocycles. The second kappa shape index (κ2) is 7.82. The third-order valence-electron chi connectivity index (χ3n) is 8.41. The molecule has 32 heavy (non-hydrogen) atoms. The minimum absolute atomic E-state index is 0.101. The Morgan fingerprint density at radius 2 is 1.75 bits per heavy atom. The Labute approximate surface area is 191 Å². The average molecular weight is 434 g/mol. The first kappa shape index (κ1) is 20.1. The second-order valence-electron chi connectivity index (χ2n) is 10.3. The van der Waals surface area contributed by atoms with E-state index in [0.29, 0.717) is 12.1 Å². The summed E-state index contributed by atoms with van der Waals surface area (Å²) in [6, 6.07) is 11.4. The van der Waals surface area contributed by atoms with Gasteiger partial charge < -0.3 is 9.80 Å². The van der Waals surface area contributed by atoms with E-state index < -0.39 is 0 Å². The number of benzene rings is 1. The third-order valence-corrected chi connectivity index (χ3v) is 8.41. The maximum Gasteiger partial charge on any atom is 0.280 e. The van der Waals surface area contributed by atoms with Gasteiger partial charge in [0.2, 0.25) is 5.96 Å². The van der Waals surface area contributed by atoms with Crippen LogP contribution >= 0.6 is 0 Å². The first-order valence-electron chi connectivity index (χ1n) is 12.6. The maximum absolute atomic E-state index is 13.7. The summed E-state index contributed by atoms with van der Waals surface area (Å²) in [6.07, 6.45) is 11.6. The normalized spacial score (nSPS) is 30.1. The van der Waals surface area contributed by atoms with Gasteiger partial charge in [-0.05, 0) is 37.2 Å². The van der Waals surface area contributed by atoms with E-state index in [1.54, 1.807) is 0 Å². The molecule has 1 aromatic rings. The van der Waals surface area contributed by atoms with Gasteiger partial charge in [-0.2, -0.15) is 0 Å². The van der Waals surface area contributed by atoms with Crippen molar-refractivity contribution in [2.75, 3.05) is 14.1 Å². The van der Waals surface area contributed by atoms with Crippen LogP contribution in [0.1, 0.15) is 63.4 Å². The van der Waals surface area contributed by atoms with Crippen molar-refractivity contribution in [1.29, 1.82) is 0 Å².